The van der Waals surface area contributed by atoms with Crippen LogP contribution in [0.1, 0.15) is 32.1 Å². The summed E-state index contributed by atoms with van der Waals surface area (Å²) in [5.41, 5.74) is 0. The molecule has 0 saturated heterocycles. The van der Waals surface area contributed by atoms with Crippen LogP contribution in [-0.2, 0) is 9.47 Å². The molecule has 3 heteroatoms. The molecule has 0 aromatic rings. The zero-order valence-electron chi connectivity index (χ0n) is 8.71. The van der Waals surface area contributed by atoms with Crippen LogP contribution >= 0.6 is 0 Å². The fraction of sp³-hybridized carbons (Fsp3) is 0.818. The first-order chi connectivity index (χ1) is 6.93. The molecule has 0 spiro atoms. The Morgan fingerprint density at radius 1 is 1.21 bits per heavy atom. The van der Waals surface area contributed by atoms with E-state index in [4.69, 9.17) is 14.6 Å². The minimum absolute atomic E-state index is 0.103. The largest absolute Gasteiger partial charge is 0.498 e. The van der Waals surface area contributed by atoms with Gasteiger partial charge >= 0.3 is 0 Å². The Bertz CT molecular complexity index is 166. The van der Waals surface area contributed by atoms with Gasteiger partial charge in [-0.3, -0.25) is 0 Å². The Hall–Kier alpha value is -0.540. The number of hydrogen-bond donors (Lipinski definition) is 1. The smallest absolute Gasteiger partial charge is 0.0919 e. The first kappa shape index (κ1) is 11.5. The molecule has 1 aliphatic rings. The number of aliphatic hydroxyl groups is 1. The fourth-order valence-electron chi connectivity index (χ4n) is 1.47. The van der Waals surface area contributed by atoms with Crippen LogP contribution in [0, 0.1) is 0 Å². The zero-order chi connectivity index (χ0) is 10.1. The molecule has 0 saturated carbocycles. The molecule has 3 nitrogen and oxygen atoms in total. The number of aliphatic hydroxyl groups excluding tert-OH is 1. The van der Waals surface area contributed by atoms with Crippen LogP contribution in [0.25, 0.3) is 0 Å². The van der Waals surface area contributed by atoms with E-state index in [-0.39, 0.29) is 6.61 Å². The summed E-state index contributed by atoms with van der Waals surface area (Å²) >= 11 is 0. The molecule has 0 unspecified atom stereocenters. The Morgan fingerprint density at radius 3 is 2.86 bits per heavy atom. The quantitative estimate of drug-likeness (QED) is 0.637. The van der Waals surface area contributed by atoms with E-state index < -0.39 is 0 Å². The minimum Gasteiger partial charge on any atom is -0.498 e. The maximum Gasteiger partial charge on any atom is 0.0919 e. The first-order valence-corrected chi connectivity index (χ1v) is 5.44. The fourth-order valence-corrected chi connectivity index (χ4v) is 1.47. The number of ether oxygens (including phenoxy) is 2. The van der Waals surface area contributed by atoms with Gasteiger partial charge in [0, 0.05) is 19.4 Å². The van der Waals surface area contributed by atoms with Gasteiger partial charge in [0.05, 0.1) is 25.6 Å². The molecular weight excluding hydrogens is 180 g/mol. The van der Waals surface area contributed by atoms with Gasteiger partial charge in [-0.2, -0.15) is 0 Å². The van der Waals surface area contributed by atoms with Crippen molar-refractivity contribution in [2.75, 3.05) is 26.4 Å². The van der Waals surface area contributed by atoms with Gasteiger partial charge in [0.2, 0.25) is 0 Å². The van der Waals surface area contributed by atoms with Gasteiger partial charge in [-0.1, -0.05) is 0 Å². The van der Waals surface area contributed by atoms with Crippen molar-refractivity contribution >= 4 is 0 Å². The first-order valence-electron chi connectivity index (χ1n) is 5.44. The van der Waals surface area contributed by atoms with Crippen molar-refractivity contribution in [1.82, 2.24) is 0 Å². The maximum atomic E-state index is 8.46. The third-order valence-corrected chi connectivity index (χ3v) is 2.21. The minimum atomic E-state index is 0.103. The molecule has 1 rings (SSSR count). The summed E-state index contributed by atoms with van der Waals surface area (Å²) < 4.78 is 10.7. The molecule has 1 aliphatic carbocycles. The van der Waals surface area contributed by atoms with E-state index in [2.05, 4.69) is 6.08 Å². The summed E-state index contributed by atoms with van der Waals surface area (Å²) in [5.74, 6) is 1.15. The topological polar surface area (TPSA) is 38.7 Å². The highest BCUT2D eigenvalue weighted by molar-refractivity contribution is 4.96. The van der Waals surface area contributed by atoms with Gasteiger partial charge in [-0.05, 0) is 25.3 Å². The van der Waals surface area contributed by atoms with E-state index in [0.717, 1.165) is 31.6 Å². The molecule has 1 N–H and O–H groups in total. The highest BCUT2D eigenvalue weighted by Crippen LogP contribution is 2.17. The van der Waals surface area contributed by atoms with E-state index in [1.165, 1.54) is 12.8 Å². The standard InChI is InChI=1S/C11H20O3/c12-7-10-13-8-4-9-14-11-5-2-1-3-6-11/h5,12H,1-4,6-10H2. The SMILES string of the molecule is OCCOCCCOC1=CCCCC1. The third kappa shape index (κ3) is 5.25. The van der Waals surface area contributed by atoms with Crippen LogP contribution in [0.5, 0.6) is 0 Å². The van der Waals surface area contributed by atoms with Gasteiger partial charge in [0.15, 0.2) is 0 Å². The Kier molecular flexibility index (Phi) is 6.45. The lowest BCUT2D eigenvalue weighted by Gasteiger charge is -2.14. The predicted octanol–water partition coefficient (Wildman–Crippen LogP) is 1.86. The van der Waals surface area contributed by atoms with E-state index in [1.807, 2.05) is 0 Å². The lowest BCUT2D eigenvalue weighted by molar-refractivity contribution is 0.0753. The summed E-state index contributed by atoms with van der Waals surface area (Å²) in [6.45, 7) is 1.94. The van der Waals surface area contributed by atoms with Crippen molar-refractivity contribution < 1.29 is 14.6 Å². The maximum absolute atomic E-state index is 8.46. The van der Waals surface area contributed by atoms with E-state index in [1.54, 1.807) is 0 Å². The van der Waals surface area contributed by atoms with E-state index in [0.29, 0.717) is 13.2 Å². The molecule has 82 valence electrons. The molecule has 0 amide bonds. The number of allylic oxidation sites excluding steroid dienone is 2. The van der Waals surface area contributed by atoms with Crippen LogP contribution in [0.2, 0.25) is 0 Å². The average molecular weight is 200 g/mol. The van der Waals surface area contributed by atoms with Crippen molar-refractivity contribution in [2.24, 2.45) is 0 Å². The van der Waals surface area contributed by atoms with Crippen molar-refractivity contribution in [3.05, 3.63) is 11.8 Å². The van der Waals surface area contributed by atoms with Crippen LogP contribution < -0.4 is 0 Å². The lowest BCUT2D eigenvalue weighted by atomic mass is 10.1. The molecule has 0 atom stereocenters. The van der Waals surface area contributed by atoms with Crippen LogP contribution in [-0.4, -0.2) is 31.5 Å². The normalized spacial score (nSPS) is 16.5. The second-order valence-electron chi connectivity index (χ2n) is 3.45. The molecule has 14 heavy (non-hydrogen) atoms. The van der Waals surface area contributed by atoms with Gasteiger partial charge in [-0.25, -0.2) is 0 Å². The molecule has 0 fully saturated rings. The van der Waals surface area contributed by atoms with Crippen LogP contribution in [0.15, 0.2) is 11.8 Å². The van der Waals surface area contributed by atoms with Crippen LogP contribution in [0.4, 0.5) is 0 Å². The Morgan fingerprint density at radius 2 is 2.14 bits per heavy atom. The lowest BCUT2D eigenvalue weighted by Crippen LogP contribution is -2.05. The van der Waals surface area contributed by atoms with Crippen molar-refractivity contribution in [3.63, 3.8) is 0 Å². The zero-order valence-corrected chi connectivity index (χ0v) is 8.71. The summed E-state index contributed by atoms with van der Waals surface area (Å²) in [6, 6.07) is 0. The highest BCUT2D eigenvalue weighted by atomic mass is 16.5. The highest BCUT2D eigenvalue weighted by Gasteiger charge is 2.03. The monoisotopic (exact) mass is 200 g/mol. The molecular formula is C11H20O3. The molecule has 0 aliphatic heterocycles. The second-order valence-corrected chi connectivity index (χ2v) is 3.45. The number of hydrogen-bond acceptors (Lipinski definition) is 3. The van der Waals surface area contributed by atoms with Crippen LogP contribution in [0.3, 0.4) is 0 Å². The average Bonchev–Trinajstić information content (AvgIpc) is 2.25. The van der Waals surface area contributed by atoms with Crippen molar-refractivity contribution in [2.45, 2.75) is 32.1 Å². The van der Waals surface area contributed by atoms with E-state index in [9.17, 15) is 0 Å². The summed E-state index contributed by atoms with van der Waals surface area (Å²) in [4.78, 5) is 0. The van der Waals surface area contributed by atoms with E-state index >= 15 is 0 Å². The van der Waals surface area contributed by atoms with Gasteiger partial charge in [-0.15, -0.1) is 0 Å². The number of rotatable bonds is 7. The summed E-state index contributed by atoms with van der Waals surface area (Å²) in [5, 5.41) is 8.46. The third-order valence-electron chi connectivity index (χ3n) is 2.21. The second kappa shape index (κ2) is 7.83. The molecule has 0 aromatic carbocycles. The molecule has 0 radical (unpaired) electrons. The van der Waals surface area contributed by atoms with Gasteiger partial charge in [0.25, 0.3) is 0 Å². The molecule has 0 aromatic heterocycles. The Balaban J connectivity index is 1.90. The summed E-state index contributed by atoms with van der Waals surface area (Å²) in [7, 11) is 0. The molecule has 0 bridgehead atoms. The predicted molar refractivity (Wildman–Crippen MR) is 55.0 cm³/mol. The Labute approximate surface area is 85.7 Å². The molecule has 0 heterocycles. The van der Waals surface area contributed by atoms with Gasteiger partial charge < -0.3 is 14.6 Å². The van der Waals surface area contributed by atoms with Crippen molar-refractivity contribution in [1.29, 1.82) is 0 Å². The van der Waals surface area contributed by atoms with Crippen molar-refractivity contribution in [3.8, 4) is 0 Å². The van der Waals surface area contributed by atoms with Gasteiger partial charge in [0.1, 0.15) is 0 Å². The summed E-state index contributed by atoms with van der Waals surface area (Å²) in [6.07, 6.45) is 7.91.